The first-order valence-electron chi connectivity index (χ1n) is 7.84. The van der Waals surface area contributed by atoms with Gasteiger partial charge in [0.05, 0.1) is 11.4 Å². The summed E-state index contributed by atoms with van der Waals surface area (Å²) < 4.78 is 26.8. The van der Waals surface area contributed by atoms with Crippen LogP contribution in [0.15, 0.2) is 30.3 Å². The molecule has 2 heterocycles. The number of anilines is 2. The van der Waals surface area contributed by atoms with E-state index in [1.807, 2.05) is 19.1 Å². The van der Waals surface area contributed by atoms with E-state index in [0.29, 0.717) is 25.9 Å². The maximum Gasteiger partial charge on any atom is 0.227 e. The predicted octanol–water partition coefficient (Wildman–Crippen LogP) is 2.92. The molecule has 1 aromatic carbocycles. The molecule has 1 aliphatic rings. The Balaban J connectivity index is 1.59. The van der Waals surface area contributed by atoms with Gasteiger partial charge >= 0.3 is 0 Å². The second-order valence-electron chi connectivity index (χ2n) is 5.91. The Labute approximate surface area is 138 Å². The van der Waals surface area contributed by atoms with Crippen LogP contribution in [0.5, 0.6) is 0 Å². The van der Waals surface area contributed by atoms with Gasteiger partial charge in [-0.15, -0.1) is 5.10 Å². The van der Waals surface area contributed by atoms with E-state index in [2.05, 4.69) is 20.4 Å². The number of nitrogens with zero attached hydrogens (tertiary/aromatic N) is 3. The third kappa shape index (κ3) is 3.67. The number of aryl methyl sites for hydroxylation is 1. The van der Waals surface area contributed by atoms with Gasteiger partial charge in [0.1, 0.15) is 11.6 Å². The number of aromatic nitrogens is 2. The van der Waals surface area contributed by atoms with Crippen molar-refractivity contribution in [2.24, 2.45) is 5.92 Å². The number of halogens is 2. The molecular formula is C17H18F2N4O. The Morgan fingerprint density at radius 2 is 1.92 bits per heavy atom. The van der Waals surface area contributed by atoms with Crippen LogP contribution in [-0.4, -0.2) is 29.2 Å². The standard InChI is InChI=1S/C17H18F2N4O/c1-11-2-5-16(22-21-11)23-8-6-12(7-9-23)17(24)20-15-10-13(18)3-4-14(15)19/h2-5,10,12H,6-9H2,1H3,(H,20,24). The summed E-state index contributed by atoms with van der Waals surface area (Å²) in [4.78, 5) is 14.3. The van der Waals surface area contributed by atoms with Crippen molar-refractivity contribution in [1.29, 1.82) is 0 Å². The fraction of sp³-hybridized carbons (Fsp3) is 0.353. The number of piperidine rings is 1. The molecule has 1 N–H and O–H groups in total. The van der Waals surface area contributed by atoms with E-state index in [-0.39, 0.29) is 17.5 Å². The number of carbonyl (C=O) groups is 1. The quantitative estimate of drug-likeness (QED) is 0.939. The predicted molar refractivity (Wildman–Crippen MR) is 86.7 cm³/mol. The monoisotopic (exact) mass is 332 g/mol. The molecule has 0 aliphatic carbocycles. The number of amides is 1. The Bertz CT molecular complexity index is 728. The third-order valence-electron chi connectivity index (χ3n) is 4.16. The molecule has 1 aliphatic heterocycles. The second kappa shape index (κ2) is 6.90. The first kappa shape index (κ1) is 16.3. The molecule has 0 unspecified atom stereocenters. The molecule has 3 rings (SSSR count). The van der Waals surface area contributed by atoms with Crippen molar-refractivity contribution in [2.45, 2.75) is 19.8 Å². The molecule has 0 radical (unpaired) electrons. The summed E-state index contributed by atoms with van der Waals surface area (Å²) in [5.74, 6) is -0.955. The molecule has 1 amide bonds. The Morgan fingerprint density at radius 1 is 1.17 bits per heavy atom. The van der Waals surface area contributed by atoms with Gasteiger partial charge < -0.3 is 10.2 Å². The molecule has 1 fully saturated rings. The summed E-state index contributed by atoms with van der Waals surface area (Å²) >= 11 is 0. The first-order chi connectivity index (χ1) is 11.5. The summed E-state index contributed by atoms with van der Waals surface area (Å²) in [5.41, 5.74) is 0.733. The number of nitrogens with one attached hydrogen (secondary N) is 1. The molecule has 24 heavy (non-hydrogen) atoms. The minimum absolute atomic E-state index is 0.119. The van der Waals surface area contributed by atoms with Crippen LogP contribution in [-0.2, 0) is 4.79 Å². The summed E-state index contributed by atoms with van der Waals surface area (Å²) in [6.07, 6.45) is 1.25. The zero-order chi connectivity index (χ0) is 17.1. The molecule has 126 valence electrons. The highest BCUT2D eigenvalue weighted by atomic mass is 19.1. The lowest BCUT2D eigenvalue weighted by atomic mass is 9.95. The van der Waals surface area contributed by atoms with Gasteiger partial charge in [0.2, 0.25) is 5.91 Å². The molecule has 0 bridgehead atoms. The molecule has 1 aromatic heterocycles. The highest BCUT2D eigenvalue weighted by Gasteiger charge is 2.26. The van der Waals surface area contributed by atoms with Crippen molar-refractivity contribution in [2.75, 3.05) is 23.3 Å². The smallest absolute Gasteiger partial charge is 0.227 e. The van der Waals surface area contributed by atoms with E-state index in [0.717, 1.165) is 29.7 Å². The molecule has 0 atom stereocenters. The molecule has 5 nitrogen and oxygen atoms in total. The largest absolute Gasteiger partial charge is 0.355 e. The van der Waals surface area contributed by atoms with Gasteiger partial charge in [-0.2, -0.15) is 5.10 Å². The second-order valence-corrected chi connectivity index (χ2v) is 5.91. The van der Waals surface area contributed by atoms with Crippen LogP contribution in [0.1, 0.15) is 18.5 Å². The van der Waals surface area contributed by atoms with Crippen molar-refractivity contribution in [3.05, 3.63) is 47.7 Å². The van der Waals surface area contributed by atoms with Crippen LogP contribution in [0.25, 0.3) is 0 Å². The lowest BCUT2D eigenvalue weighted by Gasteiger charge is -2.31. The summed E-state index contributed by atoms with van der Waals surface area (Å²) in [6.45, 7) is 3.21. The van der Waals surface area contributed by atoms with Crippen molar-refractivity contribution >= 4 is 17.4 Å². The summed E-state index contributed by atoms with van der Waals surface area (Å²) in [7, 11) is 0. The van der Waals surface area contributed by atoms with Gasteiger partial charge in [0, 0.05) is 25.1 Å². The minimum Gasteiger partial charge on any atom is -0.355 e. The van der Waals surface area contributed by atoms with Gasteiger partial charge in [-0.25, -0.2) is 8.78 Å². The fourth-order valence-electron chi connectivity index (χ4n) is 2.76. The van der Waals surface area contributed by atoms with Gasteiger partial charge in [-0.05, 0) is 44.0 Å². The van der Waals surface area contributed by atoms with Crippen LogP contribution in [0.2, 0.25) is 0 Å². The zero-order valence-electron chi connectivity index (χ0n) is 13.3. The molecular weight excluding hydrogens is 314 g/mol. The molecule has 1 saturated heterocycles. The molecule has 0 saturated carbocycles. The zero-order valence-corrected chi connectivity index (χ0v) is 13.3. The number of carbonyl (C=O) groups excluding carboxylic acids is 1. The van der Waals surface area contributed by atoms with Crippen LogP contribution in [0.4, 0.5) is 20.3 Å². The van der Waals surface area contributed by atoms with Gasteiger partial charge in [-0.3, -0.25) is 4.79 Å². The number of hydrogen-bond donors (Lipinski definition) is 1. The third-order valence-corrected chi connectivity index (χ3v) is 4.16. The van der Waals surface area contributed by atoms with Crippen molar-refractivity contribution in [3.8, 4) is 0 Å². The summed E-state index contributed by atoms with van der Waals surface area (Å²) in [6, 6.07) is 6.82. The number of benzene rings is 1. The Morgan fingerprint density at radius 3 is 2.58 bits per heavy atom. The van der Waals surface area contributed by atoms with Crippen LogP contribution in [0.3, 0.4) is 0 Å². The van der Waals surface area contributed by atoms with Crippen LogP contribution >= 0.6 is 0 Å². The van der Waals surface area contributed by atoms with E-state index in [1.54, 1.807) is 0 Å². The van der Waals surface area contributed by atoms with Crippen molar-refractivity contribution in [1.82, 2.24) is 10.2 Å². The van der Waals surface area contributed by atoms with Crippen molar-refractivity contribution in [3.63, 3.8) is 0 Å². The minimum atomic E-state index is -0.642. The molecule has 7 heteroatoms. The first-order valence-corrected chi connectivity index (χ1v) is 7.84. The van der Waals surface area contributed by atoms with Gasteiger partial charge in [-0.1, -0.05) is 0 Å². The lowest BCUT2D eigenvalue weighted by Crippen LogP contribution is -2.38. The fourth-order valence-corrected chi connectivity index (χ4v) is 2.76. The average molecular weight is 332 g/mol. The van der Waals surface area contributed by atoms with E-state index >= 15 is 0 Å². The number of hydrogen-bond acceptors (Lipinski definition) is 4. The topological polar surface area (TPSA) is 58.1 Å². The average Bonchev–Trinajstić information content (AvgIpc) is 2.59. The highest BCUT2D eigenvalue weighted by molar-refractivity contribution is 5.92. The SMILES string of the molecule is Cc1ccc(N2CCC(C(=O)Nc3cc(F)ccc3F)CC2)nn1. The van der Waals surface area contributed by atoms with E-state index < -0.39 is 11.6 Å². The summed E-state index contributed by atoms with van der Waals surface area (Å²) in [5, 5.41) is 10.7. The maximum atomic E-state index is 13.6. The Hall–Kier alpha value is -2.57. The van der Waals surface area contributed by atoms with Gasteiger partial charge in [0.15, 0.2) is 5.82 Å². The normalized spacial score (nSPS) is 15.4. The molecule has 2 aromatic rings. The molecule has 0 spiro atoms. The lowest BCUT2D eigenvalue weighted by molar-refractivity contribution is -0.120. The van der Waals surface area contributed by atoms with E-state index in [4.69, 9.17) is 0 Å². The maximum absolute atomic E-state index is 13.6. The Kier molecular flexibility index (Phi) is 4.69. The van der Waals surface area contributed by atoms with Crippen LogP contribution < -0.4 is 10.2 Å². The van der Waals surface area contributed by atoms with Crippen LogP contribution in [0, 0.1) is 24.5 Å². The van der Waals surface area contributed by atoms with E-state index in [1.165, 1.54) is 0 Å². The van der Waals surface area contributed by atoms with Gasteiger partial charge in [0.25, 0.3) is 0 Å². The highest BCUT2D eigenvalue weighted by Crippen LogP contribution is 2.24. The number of rotatable bonds is 3. The van der Waals surface area contributed by atoms with Crippen molar-refractivity contribution < 1.29 is 13.6 Å². The van der Waals surface area contributed by atoms with E-state index in [9.17, 15) is 13.6 Å².